The van der Waals surface area contributed by atoms with E-state index in [4.69, 9.17) is 9.47 Å². The first-order valence-corrected chi connectivity index (χ1v) is 7.99. The molecule has 2 aliphatic heterocycles. The van der Waals surface area contributed by atoms with Gasteiger partial charge in [0.15, 0.2) is 11.5 Å². The average Bonchev–Trinajstić information content (AvgIpc) is 2.90. The fraction of sp³-hybridized carbons (Fsp3) is 0.368. The first-order valence-electron chi connectivity index (χ1n) is 7.99. The first kappa shape index (κ1) is 13.6. The molecule has 0 fully saturated rings. The molecule has 2 heterocycles. The van der Waals surface area contributed by atoms with Gasteiger partial charge in [0.1, 0.15) is 0 Å². The highest BCUT2D eigenvalue weighted by molar-refractivity contribution is 5.36. The van der Waals surface area contributed by atoms with Gasteiger partial charge in [-0.1, -0.05) is 30.3 Å². The molecule has 22 heavy (non-hydrogen) atoms. The van der Waals surface area contributed by atoms with Crippen LogP contribution in [0, 0.1) is 0 Å². The van der Waals surface area contributed by atoms with Crippen molar-refractivity contribution in [2.75, 3.05) is 13.3 Å². The zero-order valence-electron chi connectivity index (χ0n) is 12.9. The van der Waals surface area contributed by atoms with Gasteiger partial charge in [-0.05, 0) is 48.6 Å². The summed E-state index contributed by atoms with van der Waals surface area (Å²) < 4.78 is 11.0. The van der Waals surface area contributed by atoms with E-state index in [9.17, 15) is 0 Å². The van der Waals surface area contributed by atoms with E-state index < -0.39 is 0 Å². The highest BCUT2D eigenvalue weighted by Gasteiger charge is 2.25. The third kappa shape index (κ3) is 2.46. The van der Waals surface area contributed by atoms with E-state index in [1.54, 1.807) is 0 Å². The van der Waals surface area contributed by atoms with Crippen molar-refractivity contribution in [2.24, 2.45) is 0 Å². The summed E-state index contributed by atoms with van der Waals surface area (Å²) in [5, 5.41) is 0. The Morgan fingerprint density at radius 3 is 2.82 bits per heavy atom. The maximum absolute atomic E-state index is 5.57. The molecule has 1 unspecified atom stereocenters. The second-order valence-corrected chi connectivity index (χ2v) is 6.13. The maximum Gasteiger partial charge on any atom is 0.231 e. The van der Waals surface area contributed by atoms with Crippen molar-refractivity contribution in [3.63, 3.8) is 0 Å². The Bertz CT molecular complexity index is 672. The molecular weight excluding hydrogens is 274 g/mol. The summed E-state index contributed by atoms with van der Waals surface area (Å²) in [6.45, 7) is 4.78. The lowest BCUT2D eigenvalue weighted by Gasteiger charge is -2.35. The molecule has 4 rings (SSSR count). The fourth-order valence-corrected chi connectivity index (χ4v) is 3.44. The van der Waals surface area contributed by atoms with Crippen LogP contribution >= 0.6 is 0 Å². The van der Waals surface area contributed by atoms with Gasteiger partial charge in [0.05, 0.1) is 0 Å². The number of rotatable bonds is 2. The molecule has 0 amide bonds. The second kappa shape index (κ2) is 5.65. The summed E-state index contributed by atoms with van der Waals surface area (Å²) in [7, 11) is 0. The highest BCUT2D eigenvalue weighted by atomic mass is 16.7. The van der Waals surface area contributed by atoms with Crippen molar-refractivity contribution in [2.45, 2.75) is 32.4 Å². The van der Waals surface area contributed by atoms with Crippen LogP contribution in [0.1, 0.15) is 24.5 Å². The molecule has 0 radical (unpaired) electrons. The summed E-state index contributed by atoms with van der Waals surface area (Å²) in [5.74, 6) is 1.75. The number of ether oxygens (including phenoxy) is 2. The molecule has 114 valence electrons. The molecule has 0 bridgehead atoms. The summed E-state index contributed by atoms with van der Waals surface area (Å²) in [6, 6.07) is 9.20. The molecule has 0 spiro atoms. The zero-order chi connectivity index (χ0) is 14.9. The van der Waals surface area contributed by atoms with Gasteiger partial charge < -0.3 is 9.47 Å². The Labute approximate surface area is 131 Å². The highest BCUT2D eigenvalue weighted by Crippen LogP contribution is 2.29. The molecular formula is C19H21NO2. The Hall–Kier alpha value is -2.00. The third-order valence-corrected chi connectivity index (χ3v) is 4.86. The second-order valence-electron chi connectivity index (χ2n) is 6.13. The normalized spacial score (nSPS) is 22.1. The van der Waals surface area contributed by atoms with Gasteiger partial charge in [-0.3, -0.25) is 4.90 Å². The number of allylic oxidation sites excluding steroid dienone is 3. The summed E-state index contributed by atoms with van der Waals surface area (Å²) in [4.78, 5) is 2.56. The molecule has 3 nitrogen and oxygen atoms in total. The molecule has 1 aliphatic carbocycles. The van der Waals surface area contributed by atoms with Crippen molar-refractivity contribution in [3.8, 4) is 0 Å². The van der Waals surface area contributed by atoms with Crippen LogP contribution in [-0.4, -0.2) is 24.3 Å². The van der Waals surface area contributed by atoms with E-state index in [-0.39, 0.29) is 0 Å². The van der Waals surface area contributed by atoms with Crippen LogP contribution in [0.25, 0.3) is 0 Å². The van der Waals surface area contributed by atoms with Crippen LogP contribution in [0.2, 0.25) is 0 Å². The zero-order valence-corrected chi connectivity index (χ0v) is 12.9. The lowest BCUT2D eigenvalue weighted by molar-refractivity contribution is 0.0774. The molecule has 0 N–H and O–H groups in total. The van der Waals surface area contributed by atoms with Gasteiger partial charge in [0.2, 0.25) is 6.79 Å². The van der Waals surface area contributed by atoms with E-state index >= 15 is 0 Å². The number of benzene rings is 1. The smallest absolute Gasteiger partial charge is 0.231 e. The van der Waals surface area contributed by atoms with Crippen molar-refractivity contribution < 1.29 is 9.47 Å². The average molecular weight is 295 g/mol. The molecule has 3 heteroatoms. The third-order valence-electron chi connectivity index (χ3n) is 4.86. The van der Waals surface area contributed by atoms with Crippen LogP contribution in [0.3, 0.4) is 0 Å². The number of hydrogen-bond donors (Lipinski definition) is 0. The Kier molecular flexibility index (Phi) is 3.51. The molecule has 0 saturated heterocycles. The Morgan fingerprint density at radius 2 is 1.91 bits per heavy atom. The van der Waals surface area contributed by atoms with Crippen molar-refractivity contribution in [3.05, 3.63) is 70.7 Å². The maximum atomic E-state index is 5.57. The van der Waals surface area contributed by atoms with E-state index in [0.29, 0.717) is 12.8 Å². The van der Waals surface area contributed by atoms with Gasteiger partial charge in [-0.25, -0.2) is 0 Å². The molecule has 1 aromatic rings. The lowest BCUT2D eigenvalue weighted by atomic mass is 9.96. The number of hydrogen-bond acceptors (Lipinski definition) is 3. The number of nitrogens with zero attached hydrogens (tertiary/aromatic N) is 1. The standard InChI is InChI=1S/C19H21NO2/c1-14(16-7-4-8-18-19(11-16)22-13-21-18)20-10-9-15-5-2-3-6-17(15)12-20/h2-6,8,11,14H,7,9-10,12-13H2,1H3. The Morgan fingerprint density at radius 1 is 1.09 bits per heavy atom. The molecule has 0 saturated carbocycles. The molecule has 3 aliphatic rings. The van der Waals surface area contributed by atoms with E-state index in [0.717, 1.165) is 37.4 Å². The predicted octanol–water partition coefficient (Wildman–Crippen LogP) is 3.54. The van der Waals surface area contributed by atoms with Crippen molar-refractivity contribution in [1.29, 1.82) is 0 Å². The SMILES string of the molecule is CC(C1=CC2=C(C=CC1)OCO2)N1CCc2ccccc2C1. The minimum absolute atomic E-state index is 0.338. The first-order chi connectivity index (χ1) is 10.8. The van der Waals surface area contributed by atoms with E-state index in [2.05, 4.69) is 48.2 Å². The van der Waals surface area contributed by atoms with Gasteiger partial charge in [-0.15, -0.1) is 0 Å². The van der Waals surface area contributed by atoms with Crippen molar-refractivity contribution >= 4 is 0 Å². The predicted molar refractivity (Wildman–Crippen MR) is 85.9 cm³/mol. The minimum atomic E-state index is 0.338. The molecule has 0 aromatic heterocycles. The topological polar surface area (TPSA) is 21.7 Å². The quantitative estimate of drug-likeness (QED) is 0.833. The minimum Gasteiger partial charge on any atom is -0.454 e. The van der Waals surface area contributed by atoms with Crippen LogP contribution in [0.15, 0.2) is 59.6 Å². The molecule has 1 atom stereocenters. The summed E-state index contributed by atoms with van der Waals surface area (Å²) in [5.41, 5.74) is 4.36. The number of fused-ring (bicyclic) bond motifs is 1. The largest absolute Gasteiger partial charge is 0.454 e. The van der Waals surface area contributed by atoms with Crippen LogP contribution in [-0.2, 0) is 22.4 Å². The van der Waals surface area contributed by atoms with Gasteiger partial charge >= 0.3 is 0 Å². The fourth-order valence-electron chi connectivity index (χ4n) is 3.44. The van der Waals surface area contributed by atoms with Gasteiger partial charge in [0.25, 0.3) is 0 Å². The lowest BCUT2D eigenvalue weighted by Crippen LogP contribution is -2.38. The van der Waals surface area contributed by atoms with Crippen LogP contribution in [0.5, 0.6) is 0 Å². The monoisotopic (exact) mass is 295 g/mol. The van der Waals surface area contributed by atoms with Gasteiger partial charge in [0, 0.05) is 19.1 Å². The summed E-state index contributed by atoms with van der Waals surface area (Å²) in [6.07, 6.45) is 8.48. The Balaban J connectivity index is 1.55. The van der Waals surface area contributed by atoms with Gasteiger partial charge in [-0.2, -0.15) is 0 Å². The summed E-state index contributed by atoms with van der Waals surface area (Å²) >= 11 is 0. The van der Waals surface area contributed by atoms with Crippen LogP contribution in [0.4, 0.5) is 0 Å². The van der Waals surface area contributed by atoms with Crippen molar-refractivity contribution in [1.82, 2.24) is 4.90 Å². The van der Waals surface area contributed by atoms with E-state index in [1.807, 2.05) is 6.08 Å². The van der Waals surface area contributed by atoms with Crippen LogP contribution < -0.4 is 0 Å². The van der Waals surface area contributed by atoms with E-state index in [1.165, 1.54) is 16.7 Å². The molecule has 1 aromatic carbocycles.